The van der Waals surface area contributed by atoms with E-state index in [4.69, 9.17) is 21.4 Å². The number of ether oxygens (including phenoxy) is 1. The Hall–Kier alpha value is -3.52. The Balaban J connectivity index is 1.74. The third kappa shape index (κ3) is 6.08. The van der Waals surface area contributed by atoms with Crippen molar-refractivity contribution in [2.75, 3.05) is 31.3 Å². The molecule has 34 heavy (non-hydrogen) atoms. The third-order valence-electron chi connectivity index (χ3n) is 5.21. The van der Waals surface area contributed by atoms with Gasteiger partial charge in [-0.25, -0.2) is 9.48 Å². The molecule has 0 aliphatic heterocycles. The Morgan fingerprint density at radius 1 is 1.09 bits per heavy atom. The summed E-state index contributed by atoms with van der Waals surface area (Å²) in [5.41, 5.74) is 2.84. The van der Waals surface area contributed by atoms with E-state index in [1.165, 1.54) is 4.90 Å². The number of anilines is 2. The van der Waals surface area contributed by atoms with E-state index >= 15 is 0 Å². The number of methoxy groups -OCH3 is 1. The standard InChI is InChI=1S/C25H30ClN5O3/c1-16-7-8-17(13-20(16)26)27-24(33)30(5)15-23(32)28-22-14-21(25(2,3)4)29-31(22)18-9-11-19(34-6)12-10-18/h7-14H,15H2,1-6H3,(H,27,33)(H,28,32). The Morgan fingerprint density at radius 3 is 2.35 bits per heavy atom. The van der Waals surface area contributed by atoms with Crippen LogP contribution in [0.3, 0.4) is 0 Å². The zero-order valence-electron chi connectivity index (χ0n) is 20.3. The molecule has 180 valence electrons. The lowest BCUT2D eigenvalue weighted by Gasteiger charge is -2.18. The topological polar surface area (TPSA) is 88.5 Å². The summed E-state index contributed by atoms with van der Waals surface area (Å²) in [6.07, 6.45) is 0. The highest BCUT2D eigenvalue weighted by Gasteiger charge is 2.22. The fraction of sp³-hybridized carbons (Fsp3) is 0.320. The number of likely N-dealkylation sites (N-methyl/N-ethyl adjacent to an activating group) is 1. The predicted octanol–water partition coefficient (Wildman–Crippen LogP) is 5.24. The largest absolute Gasteiger partial charge is 0.497 e. The number of aromatic nitrogens is 2. The van der Waals surface area contributed by atoms with Crippen molar-refractivity contribution in [2.24, 2.45) is 0 Å². The number of aryl methyl sites for hydroxylation is 1. The summed E-state index contributed by atoms with van der Waals surface area (Å²) in [7, 11) is 3.15. The highest BCUT2D eigenvalue weighted by Crippen LogP contribution is 2.27. The summed E-state index contributed by atoms with van der Waals surface area (Å²) < 4.78 is 6.90. The minimum Gasteiger partial charge on any atom is -0.497 e. The summed E-state index contributed by atoms with van der Waals surface area (Å²) >= 11 is 6.12. The summed E-state index contributed by atoms with van der Waals surface area (Å²) in [5, 5.41) is 10.9. The lowest BCUT2D eigenvalue weighted by atomic mass is 9.92. The van der Waals surface area contributed by atoms with Gasteiger partial charge in [0.15, 0.2) is 0 Å². The maximum atomic E-state index is 12.8. The van der Waals surface area contributed by atoms with Gasteiger partial charge in [0.25, 0.3) is 0 Å². The molecule has 3 amide bonds. The number of benzene rings is 2. The van der Waals surface area contributed by atoms with Gasteiger partial charge in [-0.05, 0) is 48.9 Å². The van der Waals surface area contributed by atoms with Crippen molar-refractivity contribution in [3.8, 4) is 11.4 Å². The minimum absolute atomic E-state index is 0.149. The highest BCUT2D eigenvalue weighted by molar-refractivity contribution is 6.31. The second-order valence-electron chi connectivity index (χ2n) is 9.07. The molecule has 0 saturated carbocycles. The molecule has 0 fully saturated rings. The van der Waals surface area contributed by atoms with Crippen molar-refractivity contribution in [1.82, 2.24) is 14.7 Å². The van der Waals surface area contributed by atoms with Gasteiger partial charge in [0.1, 0.15) is 18.1 Å². The van der Waals surface area contributed by atoms with Crippen LogP contribution in [0.5, 0.6) is 5.75 Å². The fourth-order valence-electron chi connectivity index (χ4n) is 3.12. The number of amides is 3. The number of hydrogen-bond donors (Lipinski definition) is 2. The molecule has 0 radical (unpaired) electrons. The Kier molecular flexibility index (Phi) is 7.51. The lowest BCUT2D eigenvalue weighted by Crippen LogP contribution is -2.37. The van der Waals surface area contributed by atoms with Crippen molar-refractivity contribution >= 4 is 35.0 Å². The first-order valence-electron chi connectivity index (χ1n) is 10.8. The van der Waals surface area contributed by atoms with Gasteiger partial charge in [-0.2, -0.15) is 5.10 Å². The molecule has 0 bridgehead atoms. The Labute approximate surface area is 204 Å². The number of nitrogens with zero attached hydrogens (tertiary/aromatic N) is 3. The molecule has 3 rings (SSSR count). The molecule has 2 N–H and O–H groups in total. The molecule has 8 nitrogen and oxygen atoms in total. The Morgan fingerprint density at radius 2 is 1.76 bits per heavy atom. The smallest absolute Gasteiger partial charge is 0.322 e. The quantitative estimate of drug-likeness (QED) is 0.501. The molecule has 0 saturated heterocycles. The van der Waals surface area contributed by atoms with Crippen LogP contribution in [0.1, 0.15) is 32.0 Å². The summed E-state index contributed by atoms with van der Waals surface area (Å²) in [5.74, 6) is 0.883. The summed E-state index contributed by atoms with van der Waals surface area (Å²) in [4.78, 5) is 26.6. The first-order valence-corrected chi connectivity index (χ1v) is 11.2. The number of hydrogen-bond acceptors (Lipinski definition) is 4. The second-order valence-corrected chi connectivity index (χ2v) is 9.48. The van der Waals surface area contributed by atoms with E-state index in [1.807, 2.05) is 43.3 Å². The average Bonchev–Trinajstić information content (AvgIpc) is 3.20. The number of carbonyl (C=O) groups is 2. The molecular formula is C25H30ClN5O3. The van der Waals surface area contributed by atoms with Gasteiger partial charge >= 0.3 is 6.03 Å². The summed E-state index contributed by atoms with van der Waals surface area (Å²) in [6, 6.07) is 14.0. The zero-order chi connectivity index (χ0) is 25.0. The minimum atomic E-state index is -0.422. The second kappa shape index (κ2) is 10.2. The van der Waals surface area contributed by atoms with Crippen LogP contribution in [0, 0.1) is 6.92 Å². The molecule has 0 spiro atoms. The van der Waals surface area contributed by atoms with Gasteiger partial charge in [0, 0.05) is 29.2 Å². The van der Waals surface area contributed by atoms with Crippen LogP contribution in [0.4, 0.5) is 16.3 Å². The van der Waals surface area contributed by atoms with Gasteiger partial charge in [-0.1, -0.05) is 38.4 Å². The molecule has 0 atom stereocenters. The first-order chi connectivity index (χ1) is 16.0. The maximum absolute atomic E-state index is 12.8. The molecule has 0 aliphatic carbocycles. The van der Waals surface area contributed by atoms with Gasteiger partial charge in [0.2, 0.25) is 5.91 Å². The first kappa shape index (κ1) is 25.1. The van der Waals surface area contributed by atoms with E-state index in [0.29, 0.717) is 16.5 Å². The van der Waals surface area contributed by atoms with E-state index in [2.05, 4.69) is 31.4 Å². The number of urea groups is 1. The monoisotopic (exact) mass is 483 g/mol. The van der Waals surface area contributed by atoms with Crippen molar-refractivity contribution < 1.29 is 14.3 Å². The van der Waals surface area contributed by atoms with Gasteiger partial charge in [-0.15, -0.1) is 0 Å². The van der Waals surface area contributed by atoms with Gasteiger partial charge in [-0.3, -0.25) is 4.79 Å². The Bertz CT molecular complexity index is 1180. The molecule has 0 aliphatic rings. The van der Waals surface area contributed by atoms with Crippen LogP contribution in [-0.4, -0.2) is 47.3 Å². The van der Waals surface area contributed by atoms with E-state index < -0.39 is 6.03 Å². The number of halogens is 1. The van der Waals surface area contributed by atoms with E-state index in [0.717, 1.165) is 22.7 Å². The molecule has 2 aromatic carbocycles. The van der Waals surface area contributed by atoms with Crippen molar-refractivity contribution in [1.29, 1.82) is 0 Å². The summed E-state index contributed by atoms with van der Waals surface area (Å²) in [6.45, 7) is 7.88. The molecule has 3 aromatic rings. The molecule has 0 unspecified atom stereocenters. The fourth-order valence-corrected chi connectivity index (χ4v) is 3.30. The molecular weight excluding hydrogens is 454 g/mol. The highest BCUT2D eigenvalue weighted by atomic mass is 35.5. The van der Waals surface area contributed by atoms with Crippen LogP contribution in [0.2, 0.25) is 5.02 Å². The SMILES string of the molecule is COc1ccc(-n2nc(C(C)(C)C)cc2NC(=O)CN(C)C(=O)Nc2ccc(C)c(Cl)c2)cc1. The van der Waals surface area contributed by atoms with Crippen LogP contribution in [0.15, 0.2) is 48.5 Å². The normalized spacial score (nSPS) is 11.1. The number of rotatable bonds is 6. The van der Waals surface area contributed by atoms with E-state index in [-0.39, 0.29) is 17.9 Å². The van der Waals surface area contributed by atoms with Crippen molar-refractivity contribution in [3.05, 3.63) is 64.8 Å². The van der Waals surface area contributed by atoms with Crippen LogP contribution >= 0.6 is 11.6 Å². The molecule has 9 heteroatoms. The van der Waals surface area contributed by atoms with Crippen molar-refractivity contribution in [3.63, 3.8) is 0 Å². The van der Waals surface area contributed by atoms with Gasteiger partial charge < -0.3 is 20.3 Å². The van der Waals surface area contributed by atoms with E-state index in [1.54, 1.807) is 31.0 Å². The number of nitrogens with one attached hydrogen (secondary N) is 2. The van der Waals surface area contributed by atoms with Gasteiger partial charge in [0.05, 0.1) is 18.5 Å². The zero-order valence-corrected chi connectivity index (χ0v) is 21.0. The van der Waals surface area contributed by atoms with Crippen molar-refractivity contribution in [2.45, 2.75) is 33.1 Å². The third-order valence-corrected chi connectivity index (χ3v) is 5.62. The van der Waals surface area contributed by atoms with E-state index in [9.17, 15) is 9.59 Å². The average molecular weight is 484 g/mol. The lowest BCUT2D eigenvalue weighted by molar-refractivity contribution is -0.116. The molecule has 1 aromatic heterocycles. The maximum Gasteiger partial charge on any atom is 0.322 e. The van der Waals surface area contributed by atoms with Crippen LogP contribution < -0.4 is 15.4 Å². The number of carbonyl (C=O) groups excluding carboxylic acids is 2. The van der Waals surface area contributed by atoms with Crippen LogP contribution in [-0.2, 0) is 10.2 Å². The molecule has 1 heterocycles. The van der Waals surface area contributed by atoms with Crippen LogP contribution in [0.25, 0.3) is 5.69 Å². The predicted molar refractivity (Wildman–Crippen MR) is 135 cm³/mol.